The lowest BCUT2D eigenvalue weighted by atomic mass is 9.77. The summed E-state index contributed by atoms with van der Waals surface area (Å²) in [6.07, 6.45) is 0. The maximum absolute atomic E-state index is 10.1. The molecule has 78 valence electrons. The normalized spacial score (nSPS) is 15.2. The molecule has 1 N–H and O–H groups in total. The third kappa shape index (κ3) is 2.75. The van der Waals surface area contributed by atoms with Gasteiger partial charge in [-0.3, -0.25) is 0 Å². The minimum absolute atomic E-state index is 0.103. The molecule has 13 heavy (non-hydrogen) atoms. The summed E-state index contributed by atoms with van der Waals surface area (Å²) in [6.45, 7) is 14.7. The quantitative estimate of drug-likeness (QED) is 0.653. The predicted molar refractivity (Wildman–Crippen MR) is 58.8 cm³/mol. The van der Waals surface area contributed by atoms with Gasteiger partial charge in [0.15, 0.2) is 0 Å². The molecule has 0 unspecified atom stereocenters. The van der Waals surface area contributed by atoms with E-state index in [1.807, 2.05) is 6.92 Å². The Kier molecular flexibility index (Phi) is 4.02. The second-order valence-electron chi connectivity index (χ2n) is 5.06. The molecule has 0 spiro atoms. The van der Waals surface area contributed by atoms with E-state index in [2.05, 4.69) is 41.5 Å². The summed E-state index contributed by atoms with van der Waals surface area (Å²) in [5.74, 6) is 1.46. The highest BCUT2D eigenvalue weighted by Gasteiger charge is 2.29. The van der Waals surface area contributed by atoms with E-state index in [0.29, 0.717) is 17.6 Å². The number of hydrogen-bond donors (Lipinski definition) is 1. The predicted octanol–water partition coefficient (Wildman–Crippen LogP) is 4.16. The Morgan fingerprint density at radius 2 is 1.46 bits per heavy atom. The van der Waals surface area contributed by atoms with Crippen LogP contribution in [-0.2, 0) is 0 Å². The van der Waals surface area contributed by atoms with E-state index in [4.69, 9.17) is 0 Å². The Balaban J connectivity index is 4.96. The minimum Gasteiger partial charge on any atom is -0.512 e. The third-order valence-corrected chi connectivity index (χ3v) is 3.29. The Hall–Kier alpha value is -0.460. The largest absolute Gasteiger partial charge is 0.512 e. The van der Waals surface area contributed by atoms with Crippen molar-refractivity contribution in [3.63, 3.8) is 0 Å². The van der Waals surface area contributed by atoms with Gasteiger partial charge >= 0.3 is 0 Å². The van der Waals surface area contributed by atoms with Crippen LogP contribution < -0.4 is 0 Å². The smallest absolute Gasteiger partial charge is 0.0972 e. The first kappa shape index (κ1) is 12.5. The molecule has 1 heteroatoms. The lowest BCUT2D eigenvalue weighted by molar-refractivity contribution is 0.189. The van der Waals surface area contributed by atoms with E-state index in [-0.39, 0.29) is 5.41 Å². The highest BCUT2D eigenvalue weighted by Crippen LogP contribution is 2.36. The molecule has 0 fully saturated rings. The molecule has 0 amide bonds. The number of allylic oxidation sites excluding steroid dienone is 2. The number of rotatable bonds is 3. The van der Waals surface area contributed by atoms with Crippen molar-refractivity contribution in [2.75, 3.05) is 0 Å². The van der Waals surface area contributed by atoms with Gasteiger partial charge in [-0.25, -0.2) is 0 Å². The first-order valence-electron chi connectivity index (χ1n) is 5.11. The van der Waals surface area contributed by atoms with E-state index in [1.54, 1.807) is 0 Å². The van der Waals surface area contributed by atoms with Crippen molar-refractivity contribution >= 4 is 0 Å². The third-order valence-electron chi connectivity index (χ3n) is 3.29. The second kappa shape index (κ2) is 4.17. The van der Waals surface area contributed by atoms with Gasteiger partial charge in [-0.1, -0.05) is 41.5 Å². The summed E-state index contributed by atoms with van der Waals surface area (Å²) in [5.41, 5.74) is 1.01. The molecular formula is C12H24O. The van der Waals surface area contributed by atoms with Crippen LogP contribution in [0, 0.1) is 17.3 Å². The fourth-order valence-electron chi connectivity index (χ4n) is 1.06. The molecule has 0 atom stereocenters. The Morgan fingerprint density at radius 1 is 1.08 bits per heavy atom. The van der Waals surface area contributed by atoms with Crippen LogP contribution in [0.4, 0.5) is 0 Å². The van der Waals surface area contributed by atoms with Gasteiger partial charge in [0.1, 0.15) is 0 Å². The summed E-state index contributed by atoms with van der Waals surface area (Å²) in [7, 11) is 0. The van der Waals surface area contributed by atoms with Gasteiger partial charge in [-0.05, 0) is 24.3 Å². The summed E-state index contributed by atoms with van der Waals surface area (Å²) >= 11 is 0. The van der Waals surface area contributed by atoms with Gasteiger partial charge in [0.25, 0.3) is 0 Å². The van der Waals surface area contributed by atoms with Gasteiger partial charge in [-0.15, -0.1) is 0 Å². The summed E-state index contributed by atoms with van der Waals surface area (Å²) < 4.78 is 0. The van der Waals surface area contributed by atoms with Crippen molar-refractivity contribution in [3.8, 4) is 0 Å². The SMILES string of the molecule is C/C(=C(\O)C(C)(C)C(C)C)C(C)C. The standard InChI is InChI=1S/C12H24O/c1-8(2)10(5)11(13)12(6,7)9(3)4/h8-9,13H,1-7H3/b11-10+. The highest BCUT2D eigenvalue weighted by atomic mass is 16.3. The summed E-state index contributed by atoms with van der Waals surface area (Å²) in [4.78, 5) is 0. The lowest BCUT2D eigenvalue weighted by Crippen LogP contribution is -2.23. The zero-order valence-corrected chi connectivity index (χ0v) is 10.1. The van der Waals surface area contributed by atoms with Gasteiger partial charge in [0, 0.05) is 5.41 Å². The Morgan fingerprint density at radius 3 is 1.69 bits per heavy atom. The monoisotopic (exact) mass is 184 g/mol. The van der Waals surface area contributed by atoms with Crippen LogP contribution in [0.1, 0.15) is 48.5 Å². The number of aliphatic hydroxyl groups is 1. The van der Waals surface area contributed by atoms with Crippen molar-refractivity contribution < 1.29 is 5.11 Å². The highest BCUT2D eigenvalue weighted by molar-refractivity contribution is 5.14. The van der Waals surface area contributed by atoms with E-state index in [9.17, 15) is 5.11 Å². The fourth-order valence-corrected chi connectivity index (χ4v) is 1.06. The Labute approximate surface area is 82.9 Å². The van der Waals surface area contributed by atoms with E-state index < -0.39 is 0 Å². The van der Waals surface area contributed by atoms with Crippen molar-refractivity contribution in [1.82, 2.24) is 0 Å². The van der Waals surface area contributed by atoms with Crippen molar-refractivity contribution in [2.45, 2.75) is 48.5 Å². The van der Waals surface area contributed by atoms with E-state index in [1.165, 1.54) is 0 Å². The van der Waals surface area contributed by atoms with Crippen LogP contribution in [0.3, 0.4) is 0 Å². The molecule has 0 bridgehead atoms. The van der Waals surface area contributed by atoms with E-state index in [0.717, 1.165) is 5.57 Å². The van der Waals surface area contributed by atoms with Crippen molar-refractivity contribution in [2.24, 2.45) is 17.3 Å². The average Bonchev–Trinajstić information content (AvgIpc) is 2.01. The van der Waals surface area contributed by atoms with Crippen molar-refractivity contribution in [3.05, 3.63) is 11.3 Å². The van der Waals surface area contributed by atoms with Crippen LogP contribution in [-0.4, -0.2) is 5.11 Å². The first-order valence-corrected chi connectivity index (χ1v) is 5.11. The van der Waals surface area contributed by atoms with Gasteiger partial charge in [-0.2, -0.15) is 0 Å². The number of hydrogen-bond acceptors (Lipinski definition) is 1. The molecular weight excluding hydrogens is 160 g/mol. The number of aliphatic hydroxyl groups excluding tert-OH is 1. The molecule has 0 saturated carbocycles. The lowest BCUT2D eigenvalue weighted by Gasteiger charge is -2.30. The molecule has 1 nitrogen and oxygen atoms in total. The van der Waals surface area contributed by atoms with Crippen molar-refractivity contribution in [1.29, 1.82) is 0 Å². The molecule has 0 heterocycles. The first-order chi connectivity index (χ1) is 5.71. The van der Waals surface area contributed by atoms with Crippen LogP contribution in [0.15, 0.2) is 11.3 Å². The fraction of sp³-hybridized carbons (Fsp3) is 0.833. The van der Waals surface area contributed by atoms with Gasteiger partial charge < -0.3 is 5.11 Å². The molecule has 0 aliphatic rings. The maximum Gasteiger partial charge on any atom is 0.0972 e. The molecule has 0 rings (SSSR count). The average molecular weight is 184 g/mol. The van der Waals surface area contributed by atoms with E-state index >= 15 is 0 Å². The Bertz CT molecular complexity index is 197. The van der Waals surface area contributed by atoms with Crippen LogP contribution in [0.2, 0.25) is 0 Å². The molecule has 0 saturated heterocycles. The minimum atomic E-state index is -0.103. The molecule has 0 aliphatic heterocycles. The molecule has 0 aromatic rings. The van der Waals surface area contributed by atoms with Crippen LogP contribution in [0.5, 0.6) is 0 Å². The molecule has 0 aromatic heterocycles. The molecule has 0 aromatic carbocycles. The molecule has 0 aliphatic carbocycles. The van der Waals surface area contributed by atoms with Crippen LogP contribution >= 0.6 is 0 Å². The summed E-state index contributed by atoms with van der Waals surface area (Å²) in [5, 5.41) is 10.1. The van der Waals surface area contributed by atoms with Crippen LogP contribution in [0.25, 0.3) is 0 Å². The summed E-state index contributed by atoms with van der Waals surface area (Å²) in [6, 6.07) is 0. The zero-order chi connectivity index (χ0) is 10.8. The topological polar surface area (TPSA) is 20.2 Å². The van der Waals surface area contributed by atoms with Gasteiger partial charge in [0.2, 0.25) is 0 Å². The zero-order valence-electron chi connectivity index (χ0n) is 10.1. The maximum atomic E-state index is 10.1. The van der Waals surface area contributed by atoms with Gasteiger partial charge in [0.05, 0.1) is 5.76 Å². The molecule has 0 radical (unpaired) electrons. The second-order valence-corrected chi connectivity index (χ2v) is 5.06.